The van der Waals surface area contributed by atoms with Crippen molar-refractivity contribution >= 4 is 5.95 Å². The number of nitrogens with zero attached hydrogens (tertiary/aromatic N) is 6. The first-order valence-electron chi connectivity index (χ1n) is 10.6. The fraction of sp³-hybridized carbons (Fsp3) is 0.348. The molecule has 0 amide bonds. The first-order valence-corrected chi connectivity index (χ1v) is 10.6. The van der Waals surface area contributed by atoms with E-state index in [2.05, 4.69) is 65.3 Å². The number of nitrogen functional groups attached to an aromatic ring is 1. The van der Waals surface area contributed by atoms with E-state index >= 15 is 0 Å². The van der Waals surface area contributed by atoms with Gasteiger partial charge in [-0.1, -0.05) is 43.3 Å². The van der Waals surface area contributed by atoms with Gasteiger partial charge in [0.25, 0.3) is 5.89 Å². The normalized spacial score (nSPS) is 16.1. The SMILES string of the molecule is CC(C)C(C)(c1ccc(-c2cnc(N)nc2)cc1)c1noc(-c2cnn(C3COC3)c2)n1. The van der Waals surface area contributed by atoms with Crippen LogP contribution in [0.3, 0.4) is 0 Å². The van der Waals surface area contributed by atoms with Crippen LogP contribution in [0, 0.1) is 5.92 Å². The summed E-state index contributed by atoms with van der Waals surface area (Å²) < 4.78 is 12.8. The summed E-state index contributed by atoms with van der Waals surface area (Å²) in [6.45, 7) is 7.82. The predicted molar refractivity (Wildman–Crippen MR) is 119 cm³/mol. The third-order valence-corrected chi connectivity index (χ3v) is 6.38. The number of aromatic nitrogens is 6. The molecule has 2 N–H and O–H groups in total. The van der Waals surface area contributed by atoms with E-state index < -0.39 is 5.41 Å². The maximum Gasteiger partial charge on any atom is 0.261 e. The van der Waals surface area contributed by atoms with Gasteiger partial charge in [-0.05, 0) is 24.0 Å². The summed E-state index contributed by atoms with van der Waals surface area (Å²) in [7, 11) is 0. The predicted octanol–water partition coefficient (Wildman–Crippen LogP) is 3.51. The van der Waals surface area contributed by atoms with Gasteiger partial charge in [0, 0.05) is 24.2 Å². The van der Waals surface area contributed by atoms with Crippen LogP contribution in [0.5, 0.6) is 0 Å². The van der Waals surface area contributed by atoms with Crippen LogP contribution in [-0.4, -0.2) is 43.1 Å². The Labute approximate surface area is 185 Å². The van der Waals surface area contributed by atoms with Crippen LogP contribution in [0.2, 0.25) is 0 Å². The second kappa shape index (κ2) is 7.83. The second-order valence-corrected chi connectivity index (χ2v) is 8.59. The van der Waals surface area contributed by atoms with E-state index in [1.54, 1.807) is 18.6 Å². The molecule has 164 valence electrons. The summed E-state index contributed by atoms with van der Waals surface area (Å²) in [5.41, 5.74) is 8.99. The van der Waals surface area contributed by atoms with Crippen LogP contribution in [0.4, 0.5) is 5.95 Å². The van der Waals surface area contributed by atoms with Gasteiger partial charge >= 0.3 is 0 Å². The Morgan fingerprint density at radius 2 is 1.75 bits per heavy atom. The van der Waals surface area contributed by atoms with E-state index in [0.29, 0.717) is 24.9 Å². The molecule has 1 atom stereocenters. The molecule has 4 heterocycles. The molecule has 1 aliphatic rings. The second-order valence-electron chi connectivity index (χ2n) is 8.59. The molecule has 1 saturated heterocycles. The van der Waals surface area contributed by atoms with Gasteiger partial charge in [0.1, 0.15) is 0 Å². The van der Waals surface area contributed by atoms with Gasteiger partial charge in [-0.15, -0.1) is 0 Å². The lowest BCUT2D eigenvalue weighted by molar-refractivity contribution is -0.0286. The zero-order valence-electron chi connectivity index (χ0n) is 18.3. The van der Waals surface area contributed by atoms with Crippen molar-refractivity contribution in [3.8, 4) is 22.6 Å². The number of rotatable bonds is 6. The van der Waals surface area contributed by atoms with E-state index in [1.165, 1.54) is 0 Å². The van der Waals surface area contributed by atoms with Crippen molar-refractivity contribution in [1.29, 1.82) is 0 Å². The Bertz CT molecular complexity index is 1210. The van der Waals surface area contributed by atoms with E-state index in [9.17, 15) is 0 Å². The largest absolute Gasteiger partial charge is 0.377 e. The van der Waals surface area contributed by atoms with Crippen molar-refractivity contribution < 1.29 is 9.26 Å². The molecule has 32 heavy (non-hydrogen) atoms. The van der Waals surface area contributed by atoms with Crippen molar-refractivity contribution in [1.82, 2.24) is 29.9 Å². The molecule has 9 nitrogen and oxygen atoms in total. The third kappa shape index (κ3) is 3.44. The fourth-order valence-electron chi connectivity index (χ4n) is 3.79. The van der Waals surface area contributed by atoms with Crippen molar-refractivity contribution in [2.45, 2.75) is 32.2 Å². The topological polar surface area (TPSA) is 118 Å². The highest BCUT2D eigenvalue weighted by Crippen LogP contribution is 2.39. The molecular weight excluding hydrogens is 406 g/mol. The summed E-state index contributed by atoms with van der Waals surface area (Å²) >= 11 is 0. The van der Waals surface area contributed by atoms with Crippen molar-refractivity contribution in [3.05, 3.63) is 60.4 Å². The molecule has 0 spiro atoms. The van der Waals surface area contributed by atoms with E-state index in [-0.39, 0.29) is 17.9 Å². The average molecular weight is 432 g/mol. The molecule has 1 aliphatic heterocycles. The highest BCUT2D eigenvalue weighted by Gasteiger charge is 2.37. The zero-order valence-corrected chi connectivity index (χ0v) is 18.3. The molecule has 9 heteroatoms. The maximum atomic E-state index is 5.64. The Morgan fingerprint density at radius 3 is 2.38 bits per heavy atom. The molecule has 0 aliphatic carbocycles. The Balaban J connectivity index is 1.45. The smallest absolute Gasteiger partial charge is 0.261 e. The van der Waals surface area contributed by atoms with Gasteiger partial charge in [0.05, 0.1) is 36.4 Å². The quantitative estimate of drug-likeness (QED) is 0.493. The minimum Gasteiger partial charge on any atom is -0.377 e. The molecule has 4 aromatic rings. The lowest BCUT2D eigenvalue weighted by atomic mass is 9.72. The molecule has 1 aromatic carbocycles. The van der Waals surface area contributed by atoms with Gasteiger partial charge in [0.15, 0.2) is 5.82 Å². The summed E-state index contributed by atoms with van der Waals surface area (Å²) in [5, 5.41) is 8.77. The fourth-order valence-corrected chi connectivity index (χ4v) is 3.79. The lowest BCUT2D eigenvalue weighted by Crippen LogP contribution is -2.31. The minimum absolute atomic E-state index is 0.230. The molecule has 3 aromatic heterocycles. The van der Waals surface area contributed by atoms with Crippen LogP contribution >= 0.6 is 0 Å². The highest BCUT2D eigenvalue weighted by atomic mass is 16.5. The third-order valence-electron chi connectivity index (χ3n) is 6.38. The number of hydrogen-bond acceptors (Lipinski definition) is 8. The van der Waals surface area contributed by atoms with Crippen LogP contribution in [0.1, 0.15) is 38.2 Å². The molecule has 0 saturated carbocycles. The monoisotopic (exact) mass is 431 g/mol. The molecular formula is C23H25N7O2. The van der Waals surface area contributed by atoms with Gasteiger partial charge in [-0.2, -0.15) is 10.1 Å². The number of ether oxygens (including phenoxy) is 1. The van der Waals surface area contributed by atoms with Gasteiger partial charge < -0.3 is 15.0 Å². The summed E-state index contributed by atoms with van der Waals surface area (Å²) in [6.07, 6.45) is 7.13. The Kier molecular flexibility index (Phi) is 4.97. The van der Waals surface area contributed by atoms with Crippen molar-refractivity contribution in [2.24, 2.45) is 5.92 Å². The van der Waals surface area contributed by atoms with E-state index in [1.807, 2.05) is 10.9 Å². The molecule has 0 radical (unpaired) electrons. The Hall–Kier alpha value is -3.59. The highest BCUT2D eigenvalue weighted by molar-refractivity contribution is 5.62. The lowest BCUT2D eigenvalue weighted by Gasteiger charge is -2.31. The van der Waals surface area contributed by atoms with Crippen LogP contribution < -0.4 is 5.73 Å². The van der Waals surface area contributed by atoms with Gasteiger partial charge in [-0.3, -0.25) is 4.68 Å². The minimum atomic E-state index is -0.435. The van der Waals surface area contributed by atoms with Crippen LogP contribution in [0.15, 0.2) is 53.6 Å². The van der Waals surface area contributed by atoms with Gasteiger partial charge in [0.2, 0.25) is 5.95 Å². The van der Waals surface area contributed by atoms with Crippen LogP contribution in [-0.2, 0) is 10.2 Å². The first kappa shape index (κ1) is 20.3. The standard InChI is InChI=1S/C23H25N7O2/c1-14(2)23(3,18-6-4-15(5-7-18)16-8-25-22(24)26-9-16)21-28-20(32-29-21)17-10-27-30(11-17)19-12-31-13-19/h4-11,14,19H,12-13H2,1-3H3,(H2,24,25,26). The number of hydrogen-bond donors (Lipinski definition) is 1. The van der Waals surface area contributed by atoms with E-state index in [0.717, 1.165) is 22.3 Å². The number of benzene rings is 1. The summed E-state index contributed by atoms with van der Waals surface area (Å²) in [4.78, 5) is 12.9. The maximum absolute atomic E-state index is 5.64. The summed E-state index contributed by atoms with van der Waals surface area (Å²) in [6, 6.07) is 8.57. The zero-order chi connectivity index (χ0) is 22.3. The molecule has 1 fully saturated rings. The average Bonchev–Trinajstić information content (AvgIpc) is 3.43. The number of anilines is 1. The number of nitrogens with two attached hydrogens (primary N) is 1. The van der Waals surface area contributed by atoms with Crippen molar-refractivity contribution in [2.75, 3.05) is 18.9 Å². The van der Waals surface area contributed by atoms with E-state index in [4.69, 9.17) is 20.0 Å². The Morgan fingerprint density at radius 1 is 1.03 bits per heavy atom. The van der Waals surface area contributed by atoms with Crippen LogP contribution in [0.25, 0.3) is 22.6 Å². The van der Waals surface area contributed by atoms with Crippen molar-refractivity contribution in [3.63, 3.8) is 0 Å². The first-order chi connectivity index (χ1) is 15.4. The molecule has 5 rings (SSSR count). The molecule has 1 unspecified atom stereocenters. The summed E-state index contributed by atoms with van der Waals surface area (Å²) in [5.74, 6) is 1.60. The van der Waals surface area contributed by atoms with Gasteiger partial charge in [-0.25, -0.2) is 9.97 Å². The molecule has 0 bridgehead atoms.